The predicted octanol–water partition coefficient (Wildman–Crippen LogP) is 2.86. The largest absolute Gasteiger partial charge is 0.454 e. The van der Waals surface area contributed by atoms with E-state index in [-0.39, 0.29) is 6.79 Å². The zero-order valence-corrected chi connectivity index (χ0v) is 12.6. The molecule has 0 radical (unpaired) electrons. The van der Waals surface area contributed by atoms with Gasteiger partial charge in [-0.1, -0.05) is 12.1 Å². The van der Waals surface area contributed by atoms with Crippen molar-refractivity contribution in [1.29, 1.82) is 0 Å². The number of halogens is 2. The molecule has 1 atom stereocenters. The number of likely N-dealkylation sites (N-methyl/N-ethyl adjacent to an activating group) is 1. The maximum absolute atomic E-state index is 13.2. The number of ether oxygens (including phenoxy) is 2. The van der Waals surface area contributed by atoms with Crippen LogP contribution >= 0.6 is 0 Å². The molecule has 2 aromatic carbocycles. The molecule has 1 heterocycles. The van der Waals surface area contributed by atoms with Crippen molar-refractivity contribution in [2.24, 2.45) is 0 Å². The highest BCUT2D eigenvalue weighted by Crippen LogP contribution is 2.32. The average molecular weight is 321 g/mol. The third-order valence-corrected chi connectivity index (χ3v) is 3.70. The quantitative estimate of drug-likeness (QED) is 0.919. The number of hydrogen-bond donors (Lipinski definition) is 1. The summed E-state index contributed by atoms with van der Waals surface area (Å²) in [7, 11) is 1.84. The minimum atomic E-state index is -0.958. The lowest BCUT2D eigenvalue weighted by Gasteiger charge is -2.21. The van der Waals surface area contributed by atoms with Gasteiger partial charge in [0, 0.05) is 13.1 Å². The Morgan fingerprint density at radius 2 is 1.87 bits per heavy atom. The molecule has 4 nitrogen and oxygen atoms in total. The van der Waals surface area contributed by atoms with Gasteiger partial charge in [-0.2, -0.15) is 0 Å². The number of fused-ring (bicyclic) bond motifs is 1. The first-order valence-electron chi connectivity index (χ1n) is 7.23. The Morgan fingerprint density at radius 1 is 1.09 bits per heavy atom. The molecular weight excluding hydrogens is 304 g/mol. The third kappa shape index (κ3) is 3.60. The van der Waals surface area contributed by atoms with Gasteiger partial charge in [0.15, 0.2) is 23.1 Å². The number of benzene rings is 2. The molecule has 2 aromatic rings. The Labute approximate surface area is 132 Å². The Balaban J connectivity index is 1.62. The highest BCUT2D eigenvalue weighted by atomic mass is 19.2. The van der Waals surface area contributed by atoms with E-state index in [9.17, 15) is 13.9 Å². The van der Waals surface area contributed by atoms with Crippen molar-refractivity contribution in [1.82, 2.24) is 4.90 Å². The van der Waals surface area contributed by atoms with Crippen LogP contribution in [0.5, 0.6) is 11.5 Å². The van der Waals surface area contributed by atoms with Crippen LogP contribution in [0.4, 0.5) is 8.78 Å². The molecule has 0 aliphatic carbocycles. The summed E-state index contributed by atoms with van der Waals surface area (Å²) in [5.41, 5.74) is 1.36. The lowest BCUT2D eigenvalue weighted by Crippen LogP contribution is -2.24. The molecule has 122 valence electrons. The Morgan fingerprint density at radius 3 is 2.65 bits per heavy atom. The lowest BCUT2D eigenvalue weighted by molar-refractivity contribution is 0.123. The maximum Gasteiger partial charge on any atom is 0.231 e. The van der Waals surface area contributed by atoms with Gasteiger partial charge in [-0.25, -0.2) is 8.78 Å². The van der Waals surface area contributed by atoms with Gasteiger partial charge in [0.25, 0.3) is 0 Å². The number of aliphatic hydroxyl groups excluding tert-OH is 1. The summed E-state index contributed by atoms with van der Waals surface area (Å²) in [6.45, 7) is 1.10. The van der Waals surface area contributed by atoms with E-state index in [1.165, 1.54) is 6.07 Å². The van der Waals surface area contributed by atoms with E-state index in [1.54, 1.807) is 0 Å². The molecule has 0 bridgehead atoms. The SMILES string of the molecule is CN(Cc1ccc2c(c1)OCO2)CC(O)c1ccc(F)c(F)c1. The minimum absolute atomic E-state index is 0.226. The smallest absolute Gasteiger partial charge is 0.231 e. The highest BCUT2D eigenvalue weighted by Gasteiger charge is 2.16. The molecule has 1 aliphatic heterocycles. The molecule has 0 saturated carbocycles. The maximum atomic E-state index is 13.2. The van der Waals surface area contributed by atoms with Gasteiger partial charge in [-0.15, -0.1) is 0 Å². The molecular formula is C17H17F2NO3. The van der Waals surface area contributed by atoms with E-state index in [0.717, 1.165) is 23.4 Å². The number of hydrogen-bond acceptors (Lipinski definition) is 4. The van der Waals surface area contributed by atoms with E-state index in [4.69, 9.17) is 9.47 Å². The van der Waals surface area contributed by atoms with Crippen LogP contribution in [0.3, 0.4) is 0 Å². The molecule has 1 N–H and O–H groups in total. The van der Waals surface area contributed by atoms with Crippen LogP contribution in [0.2, 0.25) is 0 Å². The first kappa shape index (κ1) is 15.7. The standard InChI is InChI=1S/C17H17F2NO3/c1-20(8-11-2-5-16-17(6-11)23-10-22-16)9-15(21)12-3-4-13(18)14(19)7-12/h2-7,15,21H,8-10H2,1H3. The zero-order chi connectivity index (χ0) is 16.4. The second-order valence-corrected chi connectivity index (χ2v) is 5.57. The van der Waals surface area contributed by atoms with Crippen LogP contribution in [0, 0.1) is 11.6 Å². The summed E-state index contributed by atoms with van der Waals surface area (Å²) >= 11 is 0. The van der Waals surface area contributed by atoms with Gasteiger partial charge in [-0.3, -0.25) is 4.90 Å². The number of rotatable bonds is 5. The van der Waals surface area contributed by atoms with E-state index in [0.29, 0.717) is 24.4 Å². The van der Waals surface area contributed by atoms with Crippen molar-refractivity contribution < 1.29 is 23.4 Å². The molecule has 0 amide bonds. The normalized spacial score (nSPS) is 14.3. The van der Waals surface area contributed by atoms with Crippen molar-refractivity contribution in [3.63, 3.8) is 0 Å². The van der Waals surface area contributed by atoms with Crippen LogP contribution in [-0.2, 0) is 6.54 Å². The molecule has 1 unspecified atom stereocenters. The summed E-state index contributed by atoms with van der Waals surface area (Å²) in [5.74, 6) is -0.454. The van der Waals surface area contributed by atoms with Crippen molar-refractivity contribution in [3.8, 4) is 11.5 Å². The summed E-state index contributed by atoms with van der Waals surface area (Å²) in [6.07, 6.45) is -0.899. The van der Waals surface area contributed by atoms with Crippen molar-refractivity contribution in [2.45, 2.75) is 12.6 Å². The van der Waals surface area contributed by atoms with E-state index in [2.05, 4.69) is 0 Å². The second-order valence-electron chi connectivity index (χ2n) is 5.57. The Bertz CT molecular complexity index is 708. The molecule has 23 heavy (non-hydrogen) atoms. The van der Waals surface area contributed by atoms with Crippen molar-refractivity contribution in [3.05, 3.63) is 59.2 Å². The van der Waals surface area contributed by atoms with Gasteiger partial charge in [0.05, 0.1) is 6.10 Å². The van der Waals surface area contributed by atoms with Crippen LogP contribution < -0.4 is 9.47 Å². The Hall–Kier alpha value is -2.18. The first-order valence-corrected chi connectivity index (χ1v) is 7.23. The predicted molar refractivity (Wildman–Crippen MR) is 80.2 cm³/mol. The minimum Gasteiger partial charge on any atom is -0.454 e. The fourth-order valence-corrected chi connectivity index (χ4v) is 2.54. The van der Waals surface area contributed by atoms with Gasteiger partial charge >= 0.3 is 0 Å². The van der Waals surface area contributed by atoms with Crippen molar-refractivity contribution >= 4 is 0 Å². The average Bonchev–Trinajstić information content (AvgIpc) is 2.97. The van der Waals surface area contributed by atoms with Gasteiger partial charge in [0.2, 0.25) is 6.79 Å². The highest BCUT2D eigenvalue weighted by molar-refractivity contribution is 5.44. The monoisotopic (exact) mass is 321 g/mol. The van der Waals surface area contributed by atoms with E-state index < -0.39 is 17.7 Å². The first-order chi connectivity index (χ1) is 11.0. The van der Waals surface area contributed by atoms with Crippen LogP contribution in [0.25, 0.3) is 0 Å². The molecule has 6 heteroatoms. The Kier molecular flexibility index (Phi) is 4.45. The fraction of sp³-hybridized carbons (Fsp3) is 0.294. The summed E-state index contributed by atoms with van der Waals surface area (Å²) < 4.78 is 36.7. The second kappa shape index (κ2) is 6.52. The van der Waals surface area contributed by atoms with Gasteiger partial charge in [-0.05, 0) is 42.4 Å². The summed E-state index contributed by atoms with van der Waals surface area (Å²) in [4.78, 5) is 1.89. The summed E-state index contributed by atoms with van der Waals surface area (Å²) in [5, 5.41) is 10.2. The van der Waals surface area contributed by atoms with Gasteiger partial charge < -0.3 is 14.6 Å². The molecule has 0 fully saturated rings. The van der Waals surface area contributed by atoms with E-state index in [1.807, 2.05) is 30.1 Å². The zero-order valence-electron chi connectivity index (χ0n) is 12.6. The molecule has 0 saturated heterocycles. The van der Waals surface area contributed by atoms with Crippen LogP contribution in [0.15, 0.2) is 36.4 Å². The summed E-state index contributed by atoms with van der Waals surface area (Å²) in [6, 6.07) is 9.09. The number of nitrogens with zero attached hydrogens (tertiary/aromatic N) is 1. The third-order valence-electron chi connectivity index (χ3n) is 3.70. The molecule has 0 aromatic heterocycles. The topological polar surface area (TPSA) is 41.9 Å². The van der Waals surface area contributed by atoms with Crippen molar-refractivity contribution in [2.75, 3.05) is 20.4 Å². The lowest BCUT2D eigenvalue weighted by atomic mass is 10.1. The van der Waals surface area contributed by atoms with Crippen LogP contribution in [-0.4, -0.2) is 30.4 Å². The van der Waals surface area contributed by atoms with Gasteiger partial charge in [0.1, 0.15) is 0 Å². The number of aliphatic hydroxyl groups is 1. The fourth-order valence-electron chi connectivity index (χ4n) is 2.54. The molecule has 0 spiro atoms. The van der Waals surface area contributed by atoms with E-state index >= 15 is 0 Å². The molecule has 1 aliphatic rings. The van der Waals surface area contributed by atoms with Crippen LogP contribution in [0.1, 0.15) is 17.2 Å². The molecule has 3 rings (SSSR count).